The van der Waals surface area contributed by atoms with Gasteiger partial charge < -0.3 is 24.9 Å². The van der Waals surface area contributed by atoms with E-state index in [1.165, 1.54) is 23.5 Å². The summed E-state index contributed by atoms with van der Waals surface area (Å²) in [5.41, 5.74) is 5.50. The first-order valence-electron chi connectivity index (χ1n) is 9.52. The molecule has 162 valence electrons. The van der Waals surface area contributed by atoms with E-state index in [1.54, 1.807) is 48.7 Å². The lowest BCUT2D eigenvalue weighted by Crippen LogP contribution is -2.21. The number of nitrogens with two attached hydrogens (primary N) is 1. The minimum absolute atomic E-state index is 0.109. The zero-order valence-corrected chi connectivity index (χ0v) is 17.7. The van der Waals surface area contributed by atoms with Gasteiger partial charge >= 0.3 is 0 Å². The van der Waals surface area contributed by atoms with Crippen LogP contribution in [0.5, 0.6) is 17.2 Å². The molecule has 0 spiro atoms. The lowest BCUT2D eigenvalue weighted by Gasteiger charge is -2.10. The summed E-state index contributed by atoms with van der Waals surface area (Å²) in [6.07, 6.45) is 0. The number of carbonyl (C=O) groups excluding carboxylic acids is 2. The number of nitrogens with one attached hydrogen (secondary N) is 1. The molecule has 0 fully saturated rings. The van der Waals surface area contributed by atoms with Gasteiger partial charge in [0.1, 0.15) is 27.8 Å². The second kappa shape index (κ2) is 8.94. The fraction of sp³-hybridized carbons (Fsp3) is 0.0870. The van der Waals surface area contributed by atoms with Gasteiger partial charge in [-0.15, -0.1) is 11.3 Å². The van der Waals surface area contributed by atoms with E-state index < -0.39 is 11.8 Å². The molecular weight excluding hydrogens is 432 g/mol. The Balaban J connectivity index is 1.49. The Morgan fingerprint density at radius 2 is 1.88 bits per heavy atom. The van der Waals surface area contributed by atoms with Crippen molar-refractivity contribution in [1.82, 2.24) is 0 Å². The number of carbonyl (C=O) groups is 2. The first-order chi connectivity index (χ1) is 15.4. The minimum atomic E-state index is -0.627. The third-order valence-corrected chi connectivity index (χ3v) is 5.33. The molecule has 2 heterocycles. The van der Waals surface area contributed by atoms with Crippen LogP contribution >= 0.6 is 11.3 Å². The molecule has 4 aromatic rings. The molecular formula is C23H18N2O6S. The largest absolute Gasteiger partial charge is 0.484 e. The van der Waals surface area contributed by atoms with Crippen LogP contribution < -0.4 is 26.0 Å². The Kier molecular flexibility index (Phi) is 5.91. The summed E-state index contributed by atoms with van der Waals surface area (Å²) in [6, 6.07) is 15.1. The smallest absolute Gasteiger partial charge is 0.262 e. The topological polar surface area (TPSA) is 121 Å². The number of aryl methyl sites for hydroxylation is 1. The fourth-order valence-electron chi connectivity index (χ4n) is 2.99. The molecule has 0 unspecified atom stereocenters. The van der Waals surface area contributed by atoms with Crippen LogP contribution in [-0.2, 0) is 4.79 Å². The molecule has 2 aromatic carbocycles. The van der Waals surface area contributed by atoms with Crippen LogP contribution in [0.4, 0.5) is 5.00 Å². The number of benzene rings is 2. The third-order valence-electron chi connectivity index (χ3n) is 4.50. The van der Waals surface area contributed by atoms with Crippen molar-refractivity contribution in [1.29, 1.82) is 0 Å². The molecule has 0 saturated carbocycles. The van der Waals surface area contributed by atoms with E-state index in [1.807, 2.05) is 6.07 Å². The number of amides is 2. The maximum Gasteiger partial charge on any atom is 0.262 e. The molecule has 8 nitrogen and oxygen atoms in total. The van der Waals surface area contributed by atoms with Crippen molar-refractivity contribution in [3.05, 3.63) is 81.5 Å². The molecule has 0 aliphatic carbocycles. The Hall–Kier alpha value is -4.11. The highest BCUT2D eigenvalue weighted by molar-refractivity contribution is 7.14. The number of para-hydroxylation sites is 1. The average molecular weight is 450 g/mol. The van der Waals surface area contributed by atoms with Gasteiger partial charge in [0.25, 0.3) is 11.8 Å². The number of anilines is 1. The molecule has 0 bridgehead atoms. The normalized spacial score (nSPS) is 10.7. The summed E-state index contributed by atoms with van der Waals surface area (Å²) in [4.78, 5) is 36.4. The predicted octanol–water partition coefficient (Wildman–Crippen LogP) is 4.07. The summed E-state index contributed by atoms with van der Waals surface area (Å²) >= 11 is 1.18. The number of primary amides is 1. The first kappa shape index (κ1) is 21.1. The Labute approximate surface area is 186 Å². The third kappa shape index (κ3) is 4.47. The van der Waals surface area contributed by atoms with E-state index in [0.29, 0.717) is 33.2 Å². The number of hydrogen-bond donors (Lipinski definition) is 2. The van der Waals surface area contributed by atoms with Crippen LogP contribution in [0.25, 0.3) is 11.0 Å². The van der Waals surface area contributed by atoms with Crippen molar-refractivity contribution >= 4 is 39.1 Å². The van der Waals surface area contributed by atoms with E-state index in [4.69, 9.17) is 19.6 Å². The minimum Gasteiger partial charge on any atom is -0.484 e. The average Bonchev–Trinajstić information content (AvgIpc) is 3.24. The maximum atomic E-state index is 12.9. The molecule has 9 heteroatoms. The van der Waals surface area contributed by atoms with Crippen LogP contribution in [0.2, 0.25) is 0 Å². The molecule has 0 radical (unpaired) electrons. The van der Waals surface area contributed by atoms with Gasteiger partial charge in [-0.3, -0.25) is 14.4 Å². The van der Waals surface area contributed by atoms with Crippen LogP contribution in [0.1, 0.15) is 16.1 Å². The second-order valence-electron chi connectivity index (χ2n) is 6.75. The molecule has 0 aliphatic rings. The monoisotopic (exact) mass is 450 g/mol. The summed E-state index contributed by atoms with van der Waals surface area (Å²) in [6.45, 7) is 1.33. The zero-order valence-electron chi connectivity index (χ0n) is 16.9. The lowest BCUT2D eigenvalue weighted by molar-refractivity contribution is -0.118. The highest BCUT2D eigenvalue weighted by Crippen LogP contribution is 2.27. The second-order valence-corrected chi connectivity index (χ2v) is 7.67. The molecule has 0 atom stereocenters. The Morgan fingerprint density at radius 1 is 1.09 bits per heavy atom. The van der Waals surface area contributed by atoms with Gasteiger partial charge in [0.15, 0.2) is 6.61 Å². The van der Waals surface area contributed by atoms with Crippen LogP contribution in [0.15, 0.2) is 69.2 Å². The number of thiophene rings is 1. The van der Waals surface area contributed by atoms with Crippen molar-refractivity contribution in [3.63, 3.8) is 0 Å². The molecule has 3 N–H and O–H groups in total. The highest BCUT2D eigenvalue weighted by Gasteiger charge is 2.16. The van der Waals surface area contributed by atoms with Crippen molar-refractivity contribution in [3.8, 4) is 17.2 Å². The van der Waals surface area contributed by atoms with E-state index in [-0.39, 0.29) is 23.3 Å². The van der Waals surface area contributed by atoms with Crippen molar-refractivity contribution in [2.75, 3.05) is 11.9 Å². The van der Waals surface area contributed by atoms with Crippen molar-refractivity contribution < 1.29 is 23.5 Å². The zero-order chi connectivity index (χ0) is 22.7. The van der Waals surface area contributed by atoms with Gasteiger partial charge in [0.2, 0.25) is 11.2 Å². The fourth-order valence-corrected chi connectivity index (χ4v) is 3.80. The SMILES string of the molecule is Cc1oc2cc(OCC(=O)Nc3sccc3C(N)=O)ccc2c(=O)c1Oc1ccccc1. The van der Waals surface area contributed by atoms with Gasteiger partial charge in [-0.25, -0.2) is 0 Å². The molecule has 2 aromatic heterocycles. The summed E-state index contributed by atoms with van der Waals surface area (Å²) in [7, 11) is 0. The maximum absolute atomic E-state index is 12.9. The summed E-state index contributed by atoms with van der Waals surface area (Å²) < 4.78 is 17.0. The van der Waals surface area contributed by atoms with Gasteiger partial charge in [-0.1, -0.05) is 18.2 Å². The van der Waals surface area contributed by atoms with E-state index in [9.17, 15) is 14.4 Å². The van der Waals surface area contributed by atoms with Crippen LogP contribution in [0.3, 0.4) is 0 Å². The Morgan fingerprint density at radius 3 is 2.62 bits per heavy atom. The molecule has 0 aliphatic heterocycles. The number of ether oxygens (including phenoxy) is 2. The lowest BCUT2D eigenvalue weighted by atomic mass is 10.2. The molecule has 0 saturated heterocycles. The molecule has 32 heavy (non-hydrogen) atoms. The summed E-state index contributed by atoms with van der Waals surface area (Å²) in [5.74, 6) is 0.208. The van der Waals surface area contributed by atoms with E-state index in [0.717, 1.165) is 0 Å². The van der Waals surface area contributed by atoms with Crippen LogP contribution in [0, 0.1) is 6.92 Å². The number of fused-ring (bicyclic) bond motifs is 1. The number of hydrogen-bond acceptors (Lipinski definition) is 7. The van der Waals surface area contributed by atoms with E-state index in [2.05, 4.69) is 5.32 Å². The van der Waals surface area contributed by atoms with Crippen LogP contribution in [-0.4, -0.2) is 18.4 Å². The van der Waals surface area contributed by atoms with Gasteiger partial charge in [0, 0.05) is 6.07 Å². The van der Waals surface area contributed by atoms with Gasteiger partial charge in [-0.05, 0) is 42.6 Å². The highest BCUT2D eigenvalue weighted by atomic mass is 32.1. The molecule has 4 rings (SSSR count). The number of rotatable bonds is 7. The van der Waals surface area contributed by atoms with Crippen molar-refractivity contribution in [2.24, 2.45) is 5.73 Å². The Bertz CT molecular complexity index is 1360. The summed E-state index contributed by atoms with van der Waals surface area (Å²) in [5, 5.41) is 4.93. The molecule has 2 amide bonds. The quantitative estimate of drug-likeness (QED) is 0.438. The predicted molar refractivity (Wildman–Crippen MR) is 121 cm³/mol. The van der Waals surface area contributed by atoms with E-state index >= 15 is 0 Å². The van der Waals surface area contributed by atoms with Gasteiger partial charge in [-0.2, -0.15) is 0 Å². The standard InChI is InChI=1S/C23H18N2O6S/c1-13-21(31-14-5-3-2-4-6-14)20(27)16-8-7-15(11-18(16)30-13)29-12-19(26)25-23-17(22(24)28)9-10-32-23/h2-11H,12H2,1H3,(H2,24,28)(H,25,26). The van der Waals surface area contributed by atoms with Crippen molar-refractivity contribution in [2.45, 2.75) is 6.92 Å². The van der Waals surface area contributed by atoms with Gasteiger partial charge in [0.05, 0.1) is 10.9 Å². The first-order valence-corrected chi connectivity index (χ1v) is 10.4.